The van der Waals surface area contributed by atoms with E-state index in [1.165, 1.54) is 12.1 Å². The Labute approximate surface area is 124 Å². The highest BCUT2D eigenvalue weighted by Crippen LogP contribution is 2.29. The second kappa shape index (κ2) is 6.31. The summed E-state index contributed by atoms with van der Waals surface area (Å²) < 4.78 is 13.1. The van der Waals surface area contributed by atoms with Crippen molar-refractivity contribution < 1.29 is 9.50 Å². The zero-order valence-electron chi connectivity index (χ0n) is 12.9. The van der Waals surface area contributed by atoms with Gasteiger partial charge in [-0.2, -0.15) is 0 Å². The van der Waals surface area contributed by atoms with Crippen molar-refractivity contribution in [2.24, 2.45) is 0 Å². The molecular weight excluding hydrogens is 267 g/mol. The van der Waals surface area contributed by atoms with Crippen molar-refractivity contribution in [2.75, 3.05) is 0 Å². The van der Waals surface area contributed by atoms with Crippen molar-refractivity contribution in [1.82, 2.24) is 9.97 Å². The van der Waals surface area contributed by atoms with Gasteiger partial charge in [0.05, 0.1) is 18.0 Å². The number of hydrogen-bond donors (Lipinski definition) is 1. The minimum atomic E-state index is -0.286. The van der Waals surface area contributed by atoms with Gasteiger partial charge >= 0.3 is 0 Å². The number of aromatic nitrogens is 2. The fourth-order valence-electron chi connectivity index (χ4n) is 2.26. The van der Waals surface area contributed by atoms with Gasteiger partial charge in [0.1, 0.15) is 11.6 Å². The first-order valence-electron chi connectivity index (χ1n) is 7.21. The van der Waals surface area contributed by atoms with Gasteiger partial charge in [0.2, 0.25) is 0 Å². The van der Waals surface area contributed by atoms with Crippen molar-refractivity contribution in [1.29, 1.82) is 0 Å². The molecule has 0 atom stereocenters. The lowest BCUT2D eigenvalue weighted by Gasteiger charge is -2.17. The zero-order valence-corrected chi connectivity index (χ0v) is 12.9. The quantitative estimate of drug-likeness (QED) is 0.924. The smallest absolute Gasteiger partial charge is 0.131 e. The molecule has 0 aliphatic carbocycles. The van der Waals surface area contributed by atoms with E-state index in [0.29, 0.717) is 5.69 Å². The normalized spacial score (nSPS) is 11.4. The minimum Gasteiger partial charge on any atom is -0.392 e. The average Bonchev–Trinajstić information content (AvgIpc) is 2.46. The average molecular weight is 288 g/mol. The Bertz CT molecular complexity index is 621. The maximum Gasteiger partial charge on any atom is 0.131 e. The third kappa shape index (κ3) is 3.27. The van der Waals surface area contributed by atoms with E-state index in [0.717, 1.165) is 22.6 Å². The van der Waals surface area contributed by atoms with Gasteiger partial charge in [0.15, 0.2) is 0 Å². The molecule has 0 aliphatic heterocycles. The summed E-state index contributed by atoms with van der Waals surface area (Å²) in [4.78, 5) is 9.19. The van der Waals surface area contributed by atoms with E-state index in [1.54, 1.807) is 12.1 Å². The highest BCUT2D eigenvalue weighted by Gasteiger charge is 2.18. The van der Waals surface area contributed by atoms with Crippen molar-refractivity contribution in [3.05, 3.63) is 47.2 Å². The Balaban J connectivity index is 2.69. The van der Waals surface area contributed by atoms with E-state index < -0.39 is 0 Å². The highest BCUT2D eigenvalue weighted by molar-refractivity contribution is 5.64. The summed E-state index contributed by atoms with van der Waals surface area (Å²) in [5.74, 6) is 0.836. The van der Waals surface area contributed by atoms with E-state index in [-0.39, 0.29) is 24.3 Å². The maximum absolute atomic E-state index is 13.1. The van der Waals surface area contributed by atoms with Crippen molar-refractivity contribution in [3.8, 4) is 11.3 Å². The third-order valence-corrected chi connectivity index (χ3v) is 3.40. The molecule has 0 bridgehead atoms. The molecule has 1 aromatic carbocycles. The second-order valence-corrected chi connectivity index (χ2v) is 5.77. The Morgan fingerprint density at radius 3 is 2.10 bits per heavy atom. The molecule has 0 aliphatic rings. The fraction of sp³-hybridized carbons (Fsp3) is 0.412. The summed E-state index contributed by atoms with van der Waals surface area (Å²) in [6, 6.07) is 6.18. The molecule has 4 heteroatoms. The SMILES string of the molecule is CC(C)c1nc(-c2ccc(F)cc2)c(CO)c(C(C)C)n1. The van der Waals surface area contributed by atoms with Crippen LogP contribution in [-0.2, 0) is 6.61 Å². The zero-order chi connectivity index (χ0) is 15.6. The summed E-state index contributed by atoms with van der Waals surface area (Å²) in [6.45, 7) is 8.03. The second-order valence-electron chi connectivity index (χ2n) is 5.77. The number of benzene rings is 1. The van der Waals surface area contributed by atoms with Crippen LogP contribution >= 0.6 is 0 Å². The molecule has 0 amide bonds. The molecule has 0 fully saturated rings. The number of hydrogen-bond acceptors (Lipinski definition) is 3. The highest BCUT2D eigenvalue weighted by atomic mass is 19.1. The number of aliphatic hydroxyl groups is 1. The van der Waals surface area contributed by atoms with Crippen LogP contribution in [0.15, 0.2) is 24.3 Å². The lowest BCUT2D eigenvalue weighted by atomic mass is 9.98. The molecule has 0 saturated carbocycles. The molecule has 0 saturated heterocycles. The number of nitrogens with zero attached hydrogens (tertiary/aromatic N) is 2. The minimum absolute atomic E-state index is 0.126. The molecule has 1 aromatic heterocycles. The van der Waals surface area contributed by atoms with E-state index in [9.17, 15) is 9.50 Å². The van der Waals surface area contributed by atoms with E-state index in [4.69, 9.17) is 0 Å². The largest absolute Gasteiger partial charge is 0.392 e. The van der Waals surface area contributed by atoms with Crippen LogP contribution in [0.4, 0.5) is 4.39 Å². The monoisotopic (exact) mass is 288 g/mol. The number of aliphatic hydroxyl groups excluding tert-OH is 1. The van der Waals surface area contributed by atoms with Crippen LogP contribution in [0.2, 0.25) is 0 Å². The molecular formula is C17H21FN2O. The summed E-state index contributed by atoms with van der Waals surface area (Å²) in [5, 5.41) is 9.74. The van der Waals surface area contributed by atoms with E-state index in [2.05, 4.69) is 9.97 Å². The van der Waals surface area contributed by atoms with Crippen LogP contribution in [-0.4, -0.2) is 15.1 Å². The standard InChI is InChI=1S/C17H21FN2O/c1-10(2)15-14(9-21)16(20-17(19-15)11(3)4)12-5-7-13(18)8-6-12/h5-8,10-11,21H,9H2,1-4H3. The van der Waals surface area contributed by atoms with E-state index >= 15 is 0 Å². The van der Waals surface area contributed by atoms with Crippen molar-refractivity contribution >= 4 is 0 Å². The van der Waals surface area contributed by atoms with Crippen LogP contribution in [0.1, 0.15) is 56.6 Å². The Morgan fingerprint density at radius 2 is 1.62 bits per heavy atom. The molecule has 1 heterocycles. The van der Waals surface area contributed by atoms with Crippen molar-refractivity contribution in [3.63, 3.8) is 0 Å². The molecule has 2 rings (SSSR count). The van der Waals surface area contributed by atoms with Gasteiger partial charge < -0.3 is 5.11 Å². The molecule has 0 unspecified atom stereocenters. The van der Waals surface area contributed by atoms with Gasteiger partial charge in [-0.25, -0.2) is 14.4 Å². The van der Waals surface area contributed by atoms with Gasteiger partial charge in [0.25, 0.3) is 0 Å². The molecule has 1 N–H and O–H groups in total. The number of halogens is 1. The maximum atomic E-state index is 13.1. The van der Waals surface area contributed by atoms with Gasteiger partial charge in [-0.1, -0.05) is 27.7 Å². The fourth-order valence-corrected chi connectivity index (χ4v) is 2.26. The van der Waals surface area contributed by atoms with Gasteiger partial charge in [-0.05, 0) is 30.2 Å². The first-order chi connectivity index (χ1) is 9.93. The van der Waals surface area contributed by atoms with Crippen LogP contribution in [0.25, 0.3) is 11.3 Å². The van der Waals surface area contributed by atoms with Gasteiger partial charge in [-0.15, -0.1) is 0 Å². The van der Waals surface area contributed by atoms with Gasteiger partial charge in [-0.3, -0.25) is 0 Å². The van der Waals surface area contributed by atoms with Crippen LogP contribution < -0.4 is 0 Å². The van der Waals surface area contributed by atoms with Crippen LogP contribution in [0.3, 0.4) is 0 Å². The summed E-state index contributed by atoms with van der Waals surface area (Å²) in [6.07, 6.45) is 0. The Morgan fingerprint density at radius 1 is 1.00 bits per heavy atom. The number of rotatable bonds is 4. The Hall–Kier alpha value is -1.81. The third-order valence-electron chi connectivity index (χ3n) is 3.40. The summed E-state index contributed by atoms with van der Waals surface area (Å²) in [7, 11) is 0. The lowest BCUT2D eigenvalue weighted by molar-refractivity contribution is 0.279. The Kier molecular flexibility index (Phi) is 4.68. The predicted octanol–water partition coefficient (Wildman–Crippen LogP) is 4.02. The van der Waals surface area contributed by atoms with Gasteiger partial charge in [0, 0.05) is 17.0 Å². The summed E-state index contributed by atoms with van der Waals surface area (Å²) >= 11 is 0. The van der Waals surface area contributed by atoms with Crippen LogP contribution in [0.5, 0.6) is 0 Å². The van der Waals surface area contributed by atoms with Crippen LogP contribution in [0, 0.1) is 5.82 Å². The summed E-state index contributed by atoms with van der Waals surface area (Å²) in [5.41, 5.74) is 3.07. The van der Waals surface area contributed by atoms with Crippen molar-refractivity contribution in [2.45, 2.75) is 46.1 Å². The molecule has 0 spiro atoms. The molecule has 0 radical (unpaired) electrons. The first-order valence-corrected chi connectivity index (χ1v) is 7.21. The molecule has 3 nitrogen and oxygen atoms in total. The topological polar surface area (TPSA) is 46.0 Å². The first kappa shape index (κ1) is 15.6. The van der Waals surface area contributed by atoms with E-state index in [1.807, 2.05) is 27.7 Å². The molecule has 2 aromatic rings. The molecule has 112 valence electrons. The predicted molar refractivity (Wildman–Crippen MR) is 81.5 cm³/mol. The lowest BCUT2D eigenvalue weighted by Crippen LogP contribution is -2.10. The molecule has 21 heavy (non-hydrogen) atoms.